The van der Waals surface area contributed by atoms with E-state index in [-0.39, 0.29) is 11.2 Å². The Bertz CT molecular complexity index is 771. The molecule has 98 valence electrons. The molecule has 0 aromatic carbocycles. The Kier molecular flexibility index (Phi) is 2.56. The predicted octanol–water partition coefficient (Wildman–Crippen LogP) is -1.15. The van der Waals surface area contributed by atoms with E-state index in [2.05, 4.69) is 10.3 Å². The van der Waals surface area contributed by atoms with Crippen molar-refractivity contribution in [2.24, 2.45) is 0 Å². The quantitative estimate of drug-likeness (QED) is 0.592. The van der Waals surface area contributed by atoms with E-state index in [1.807, 2.05) is 0 Å². The third-order valence-electron chi connectivity index (χ3n) is 3.02. The van der Waals surface area contributed by atoms with Crippen LogP contribution in [0.4, 0.5) is 5.69 Å². The molecule has 0 saturated carbocycles. The van der Waals surface area contributed by atoms with Gasteiger partial charge >= 0.3 is 0 Å². The van der Waals surface area contributed by atoms with Gasteiger partial charge in [0.05, 0.1) is 18.5 Å². The van der Waals surface area contributed by atoms with Gasteiger partial charge in [0.25, 0.3) is 5.56 Å². The second-order valence-electron chi connectivity index (χ2n) is 4.15. The fraction of sp³-hybridized carbons (Fsp3) is 0.154. The summed E-state index contributed by atoms with van der Waals surface area (Å²) in [6.07, 6.45) is 5.32. The van der Waals surface area contributed by atoms with Crippen LogP contribution >= 0.6 is 0 Å². The molecule has 19 heavy (non-hydrogen) atoms. The molecule has 0 radical (unpaired) electrons. The summed E-state index contributed by atoms with van der Waals surface area (Å²) in [6, 6.07) is 1.63. The van der Waals surface area contributed by atoms with Crippen molar-refractivity contribution in [1.29, 1.82) is 0 Å². The van der Waals surface area contributed by atoms with Crippen LogP contribution in [0, 0.1) is 0 Å². The minimum atomic E-state index is -0.304. The average Bonchev–Trinajstić information content (AvgIpc) is 2.59. The maximum Gasteiger partial charge on any atom is 0.271 e. The molecule has 0 aliphatic carbocycles. The maximum atomic E-state index is 11.6. The third kappa shape index (κ3) is 1.77. The van der Waals surface area contributed by atoms with Gasteiger partial charge in [-0.1, -0.05) is 0 Å². The lowest BCUT2D eigenvalue weighted by atomic mass is 10.2. The zero-order chi connectivity index (χ0) is 13.4. The summed E-state index contributed by atoms with van der Waals surface area (Å²) >= 11 is 0. The highest BCUT2D eigenvalue weighted by Crippen LogP contribution is 2.20. The minimum absolute atomic E-state index is 0.163. The Morgan fingerprint density at radius 2 is 2.32 bits per heavy atom. The van der Waals surface area contributed by atoms with Gasteiger partial charge in [-0.2, -0.15) is 0 Å². The van der Waals surface area contributed by atoms with Crippen molar-refractivity contribution in [2.75, 3.05) is 19.5 Å². The monoisotopic (exact) mass is 259 g/mol. The van der Waals surface area contributed by atoms with Gasteiger partial charge in [0.2, 0.25) is 0 Å². The number of hydrogen-bond donors (Lipinski definition) is 3. The number of methoxy groups -OCH3 is 1. The Balaban J connectivity index is 2.42. The zero-order valence-electron chi connectivity index (χ0n) is 10.3. The number of aromatic nitrogens is 1. The van der Waals surface area contributed by atoms with Gasteiger partial charge in [-0.15, -0.1) is 0 Å². The summed E-state index contributed by atoms with van der Waals surface area (Å²) in [4.78, 5) is 14.3. The molecule has 0 unspecified atom stereocenters. The number of allylic oxidation sites excluding steroid dienone is 1. The number of anilines is 1. The third-order valence-corrected chi connectivity index (χ3v) is 3.02. The summed E-state index contributed by atoms with van der Waals surface area (Å²) in [6.45, 7) is 0.341. The molecule has 3 heterocycles. The standard InChI is InChI=1S/C13H13N3O3/c1-18-10-2-4-15-11-7-6-8(14)13(17)16-9(7)3-5-19-12(10)11/h2-4,6,15H,5,14H2,1H3,(H,16,17). The first kappa shape index (κ1) is 11.5. The Morgan fingerprint density at radius 1 is 1.47 bits per heavy atom. The number of nitrogens with one attached hydrogen (secondary N) is 2. The van der Waals surface area contributed by atoms with Crippen molar-refractivity contribution in [2.45, 2.75) is 0 Å². The number of ether oxygens (including phenoxy) is 2. The van der Waals surface area contributed by atoms with Crippen molar-refractivity contribution in [3.63, 3.8) is 0 Å². The van der Waals surface area contributed by atoms with Crippen LogP contribution in [0.3, 0.4) is 0 Å². The number of H-pyrrole nitrogens is 1. The van der Waals surface area contributed by atoms with E-state index in [4.69, 9.17) is 15.2 Å². The van der Waals surface area contributed by atoms with Gasteiger partial charge in [-0.05, 0) is 12.1 Å². The smallest absolute Gasteiger partial charge is 0.271 e. The highest BCUT2D eigenvalue weighted by atomic mass is 16.5. The lowest BCUT2D eigenvalue weighted by molar-refractivity contribution is 0.223. The van der Waals surface area contributed by atoms with Crippen LogP contribution < -0.4 is 27.2 Å². The molecular weight excluding hydrogens is 246 g/mol. The van der Waals surface area contributed by atoms with Crippen molar-refractivity contribution < 1.29 is 9.47 Å². The second-order valence-corrected chi connectivity index (χ2v) is 4.15. The molecular formula is C13H13N3O3. The topological polar surface area (TPSA) is 89.4 Å². The van der Waals surface area contributed by atoms with Gasteiger partial charge in [-0.3, -0.25) is 4.79 Å². The number of nitrogen functional groups attached to an aromatic ring is 1. The summed E-state index contributed by atoms with van der Waals surface area (Å²) in [5.41, 5.74) is 6.27. The van der Waals surface area contributed by atoms with Crippen LogP contribution in [-0.2, 0) is 9.47 Å². The molecule has 0 bridgehead atoms. The maximum absolute atomic E-state index is 11.6. The predicted molar refractivity (Wildman–Crippen MR) is 70.9 cm³/mol. The molecule has 4 N–H and O–H groups in total. The van der Waals surface area contributed by atoms with Crippen molar-refractivity contribution >= 4 is 17.5 Å². The Morgan fingerprint density at radius 3 is 3.11 bits per heavy atom. The van der Waals surface area contributed by atoms with Gasteiger partial charge in [0.1, 0.15) is 6.61 Å². The Labute approximate surface area is 108 Å². The number of pyridine rings is 1. The molecule has 1 aromatic heterocycles. The lowest BCUT2D eigenvalue weighted by Crippen LogP contribution is -2.39. The number of rotatable bonds is 1. The van der Waals surface area contributed by atoms with E-state index < -0.39 is 0 Å². The van der Waals surface area contributed by atoms with Crippen LogP contribution in [0.15, 0.2) is 34.7 Å². The fourth-order valence-electron chi connectivity index (χ4n) is 2.11. The summed E-state index contributed by atoms with van der Waals surface area (Å²) in [5, 5.41) is 4.57. The second kappa shape index (κ2) is 4.24. The molecule has 3 rings (SSSR count). The molecule has 0 atom stereocenters. The van der Waals surface area contributed by atoms with Gasteiger partial charge < -0.3 is 25.5 Å². The molecule has 1 aromatic rings. The van der Waals surface area contributed by atoms with Crippen molar-refractivity contribution in [3.05, 3.63) is 50.8 Å². The van der Waals surface area contributed by atoms with E-state index in [9.17, 15) is 4.79 Å². The number of aromatic amines is 1. The number of dihydropyridines is 1. The van der Waals surface area contributed by atoms with Crippen LogP contribution in [0.2, 0.25) is 0 Å². The largest absolute Gasteiger partial charge is 0.493 e. The average molecular weight is 259 g/mol. The molecule has 0 amide bonds. The van der Waals surface area contributed by atoms with Crippen LogP contribution in [-0.4, -0.2) is 18.7 Å². The lowest BCUT2D eigenvalue weighted by Gasteiger charge is -2.18. The van der Waals surface area contributed by atoms with Gasteiger partial charge in [0.15, 0.2) is 11.5 Å². The summed E-state index contributed by atoms with van der Waals surface area (Å²) in [7, 11) is 1.58. The molecule has 0 saturated heterocycles. The van der Waals surface area contributed by atoms with Gasteiger partial charge in [0, 0.05) is 22.8 Å². The van der Waals surface area contributed by atoms with Crippen LogP contribution in [0.1, 0.15) is 0 Å². The highest BCUT2D eigenvalue weighted by Gasteiger charge is 2.19. The Hall–Kier alpha value is -2.63. The summed E-state index contributed by atoms with van der Waals surface area (Å²) in [5.74, 6) is 1.23. The highest BCUT2D eigenvalue weighted by molar-refractivity contribution is 5.66. The molecule has 2 aliphatic rings. The molecule has 6 nitrogen and oxygen atoms in total. The normalized spacial score (nSPS) is 16.6. The van der Waals surface area contributed by atoms with E-state index >= 15 is 0 Å². The SMILES string of the molecule is COC1=C2OCC=c3[nH]c(=O)c(N)cc3=C2NC=C1. The fourth-order valence-corrected chi connectivity index (χ4v) is 2.11. The molecule has 2 aliphatic heterocycles. The van der Waals surface area contributed by atoms with Crippen LogP contribution in [0.25, 0.3) is 11.8 Å². The van der Waals surface area contributed by atoms with E-state index in [1.165, 1.54) is 0 Å². The molecule has 0 fully saturated rings. The first-order valence-electron chi connectivity index (χ1n) is 5.78. The van der Waals surface area contributed by atoms with Crippen molar-refractivity contribution in [1.82, 2.24) is 10.3 Å². The van der Waals surface area contributed by atoms with E-state index in [0.29, 0.717) is 23.5 Å². The molecule has 6 heteroatoms. The number of hydrogen-bond acceptors (Lipinski definition) is 5. The van der Waals surface area contributed by atoms with E-state index in [1.54, 1.807) is 31.5 Å². The first-order valence-corrected chi connectivity index (χ1v) is 5.78. The van der Waals surface area contributed by atoms with Crippen molar-refractivity contribution in [3.8, 4) is 0 Å². The first-order chi connectivity index (χ1) is 9.20. The summed E-state index contributed by atoms with van der Waals surface area (Å²) < 4.78 is 10.9. The van der Waals surface area contributed by atoms with Crippen LogP contribution in [0.5, 0.6) is 0 Å². The molecule has 0 spiro atoms. The van der Waals surface area contributed by atoms with E-state index in [0.717, 1.165) is 10.9 Å². The van der Waals surface area contributed by atoms with Gasteiger partial charge in [-0.25, -0.2) is 0 Å². The minimum Gasteiger partial charge on any atom is -0.493 e. The number of nitrogens with two attached hydrogens (primary N) is 1. The number of fused-ring (bicyclic) bond motifs is 2. The zero-order valence-corrected chi connectivity index (χ0v) is 10.3.